The second-order valence-corrected chi connectivity index (χ2v) is 8.93. The maximum Gasteiger partial charge on any atom is 0.258 e. The fourth-order valence-corrected chi connectivity index (χ4v) is 4.48. The van der Waals surface area contributed by atoms with Crippen molar-refractivity contribution in [2.45, 2.75) is 26.7 Å². The van der Waals surface area contributed by atoms with Gasteiger partial charge in [0.1, 0.15) is 0 Å². The van der Waals surface area contributed by atoms with E-state index in [9.17, 15) is 14.4 Å². The molecule has 4 rings (SSSR count). The predicted octanol–water partition coefficient (Wildman–Crippen LogP) is 4.78. The van der Waals surface area contributed by atoms with Gasteiger partial charge >= 0.3 is 0 Å². The molecule has 1 amide bonds. The Kier molecular flexibility index (Phi) is 4.88. The maximum absolute atomic E-state index is 12.9. The van der Waals surface area contributed by atoms with E-state index in [0.717, 1.165) is 5.69 Å². The van der Waals surface area contributed by atoms with Crippen molar-refractivity contribution in [1.82, 2.24) is 4.98 Å². The Hall–Kier alpha value is -3.12. The Morgan fingerprint density at radius 1 is 0.966 bits per heavy atom. The molecule has 5 nitrogen and oxygen atoms in total. The number of ketones is 2. The molecule has 1 aliphatic carbocycles. The number of nitrogens with one attached hydrogen (secondary N) is 1. The van der Waals surface area contributed by atoms with Gasteiger partial charge < -0.3 is 0 Å². The summed E-state index contributed by atoms with van der Waals surface area (Å²) in [6.07, 6.45) is 1.17. The largest absolute Gasteiger partial charge is 0.298 e. The van der Waals surface area contributed by atoms with Gasteiger partial charge in [0.2, 0.25) is 0 Å². The van der Waals surface area contributed by atoms with Gasteiger partial charge in [-0.25, -0.2) is 4.98 Å². The van der Waals surface area contributed by atoms with E-state index in [-0.39, 0.29) is 22.5 Å². The van der Waals surface area contributed by atoms with Crippen LogP contribution in [0.15, 0.2) is 54.6 Å². The first kappa shape index (κ1) is 19.2. The molecule has 0 unspecified atom stereocenters. The molecule has 1 N–H and O–H groups in total. The SMILES string of the molecule is CC1(C)CC(=O)c2sc(NC(=O)c3ccccc3C(=O)c3ccccc3)nc2C1. The first-order chi connectivity index (χ1) is 13.8. The van der Waals surface area contributed by atoms with E-state index in [2.05, 4.69) is 10.3 Å². The van der Waals surface area contributed by atoms with Crippen LogP contribution < -0.4 is 5.32 Å². The summed E-state index contributed by atoms with van der Waals surface area (Å²) in [6, 6.07) is 15.6. The molecule has 6 heteroatoms. The van der Waals surface area contributed by atoms with Gasteiger partial charge in [0.15, 0.2) is 16.7 Å². The first-order valence-electron chi connectivity index (χ1n) is 9.37. The van der Waals surface area contributed by atoms with E-state index in [1.807, 2.05) is 19.9 Å². The fraction of sp³-hybridized carbons (Fsp3) is 0.217. The lowest BCUT2D eigenvalue weighted by atomic mass is 9.78. The zero-order valence-corrected chi connectivity index (χ0v) is 17.0. The third-order valence-corrected chi connectivity index (χ3v) is 5.96. The van der Waals surface area contributed by atoms with Crippen LogP contribution in [-0.4, -0.2) is 22.5 Å². The van der Waals surface area contributed by atoms with Crippen LogP contribution in [0.25, 0.3) is 0 Å². The number of anilines is 1. The van der Waals surface area contributed by atoms with Crippen LogP contribution in [0.4, 0.5) is 5.13 Å². The van der Waals surface area contributed by atoms with Crippen LogP contribution in [-0.2, 0) is 6.42 Å². The standard InChI is InChI=1S/C23H20N2O3S/c1-23(2)12-17-20(18(26)13-23)29-22(24-17)25-21(28)16-11-7-6-10-15(16)19(27)14-8-4-3-5-9-14/h3-11H,12-13H2,1-2H3,(H,24,25,28). The average Bonchev–Trinajstić information content (AvgIpc) is 3.09. The summed E-state index contributed by atoms with van der Waals surface area (Å²) in [6.45, 7) is 4.08. The number of thiazole rings is 1. The zero-order chi connectivity index (χ0) is 20.6. The summed E-state index contributed by atoms with van der Waals surface area (Å²) in [5.74, 6) is -0.566. The zero-order valence-electron chi connectivity index (χ0n) is 16.2. The number of hydrogen-bond donors (Lipinski definition) is 1. The quantitative estimate of drug-likeness (QED) is 0.635. The van der Waals surface area contributed by atoms with E-state index in [0.29, 0.717) is 34.0 Å². The molecule has 0 aliphatic heterocycles. The summed E-state index contributed by atoms with van der Waals surface area (Å²) in [7, 11) is 0. The molecule has 0 radical (unpaired) electrons. The Morgan fingerprint density at radius 2 is 1.62 bits per heavy atom. The maximum atomic E-state index is 12.9. The number of Topliss-reactive ketones (excluding diaryl/α,β-unsaturated/α-hetero) is 1. The Balaban J connectivity index is 1.61. The number of amides is 1. The second kappa shape index (κ2) is 7.37. The molecule has 1 aromatic heterocycles. The molecular formula is C23H20N2O3S. The summed E-state index contributed by atoms with van der Waals surface area (Å²) in [5, 5.41) is 3.16. The van der Waals surface area contributed by atoms with Crippen LogP contribution in [0.3, 0.4) is 0 Å². The molecule has 1 heterocycles. The molecule has 3 aromatic rings. The molecule has 0 saturated carbocycles. The number of hydrogen-bond acceptors (Lipinski definition) is 5. The minimum Gasteiger partial charge on any atom is -0.298 e. The smallest absolute Gasteiger partial charge is 0.258 e. The second-order valence-electron chi connectivity index (χ2n) is 7.93. The van der Waals surface area contributed by atoms with Crippen molar-refractivity contribution in [3.63, 3.8) is 0 Å². The van der Waals surface area contributed by atoms with Crippen LogP contribution in [0.1, 0.15) is 61.9 Å². The number of benzene rings is 2. The van der Waals surface area contributed by atoms with Gasteiger partial charge in [-0.1, -0.05) is 73.7 Å². The lowest BCUT2D eigenvalue weighted by Gasteiger charge is -2.26. The van der Waals surface area contributed by atoms with Crippen molar-refractivity contribution in [2.24, 2.45) is 5.41 Å². The highest BCUT2D eigenvalue weighted by Crippen LogP contribution is 2.38. The highest BCUT2D eigenvalue weighted by Gasteiger charge is 2.34. The van der Waals surface area contributed by atoms with Gasteiger partial charge in [-0.15, -0.1) is 0 Å². The van der Waals surface area contributed by atoms with E-state index in [1.165, 1.54) is 11.3 Å². The van der Waals surface area contributed by atoms with Crippen LogP contribution in [0, 0.1) is 5.41 Å². The van der Waals surface area contributed by atoms with Crippen molar-refractivity contribution >= 4 is 33.9 Å². The molecule has 0 atom stereocenters. The molecule has 0 spiro atoms. The fourth-order valence-electron chi connectivity index (χ4n) is 3.56. The minimum absolute atomic E-state index is 0.0638. The number of rotatable bonds is 4. The molecule has 0 fully saturated rings. The van der Waals surface area contributed by atoms with Crippen LogP contribution in [0.5, 0.6) is 0 Å². The first-order valence-corrected chi connectivity index (χ1v) is 10.2. The summed E-state index contributed by atoms with van der Waals surface area (Å²) in [5.41, 5.74) is 1.73. The number of carbonyl (C=O) groups is 3. The average molecular weight is 404 g/mol. The van der Waals surface area contributed by atoms with Crippen molar-refractivity contribution in [3.05, 3.63) is 81.9 Å². The lowest BCUT2D eigenvalue weighted by molar-refractivity contribution is 0.0915. The summed E-state index contributed by atoms with van der Waals surface area (Å²) in [4.78, 5) is 43.2. The molecule has 146 valence electrons. The number of carbonyl (C=O) groups excluding carboxylic acids is 3. The molecular weight excluding hydrogens is 384 g/mol. The Labute approximate surface area is 172 Å². The molecule has 0 saturated heterocycles. The summed E-state index contributed by atoms with van der Waals surface area (Å²) >= 11 is 1.20. The van der Waals surface area contributed by atoms with E-state index < -0.39 is 5.91 Å². The van der Waals surface area contributed by atoms with Crippen molar-refractivity contribution < 1.29 is 14.4 Å². The van der Waals surface area contributed by atoms with Crippen LogP contribution >= 0.6 is 11.3 Å². The van der Waals surface area contributed by atoms with Gasteiger partial charge in [-0.05, 0) is 17.9 Å². The van der Waals surface area contributed by atoms with E-state index in [4.69, 9.17) is 0 Å². The lowest BCUT2D eigenvalue weighted by Crippen LogP contribution is -2.26. The van der Waals surface area contributed by atoms with Crippen molar-refractivity contribution in [2.75, 3.05) is 5.32 Å². The topological polar surface area (TPSA) is 76.1 Å². The molecule has 2 aromatic carbocycles. The predicted molar refractivity (Wildman–Crippen MR) is 113 cm³/mol. The highest BCUT2D eigenvalue weighted by molar-refractivity contribution is 7.17. The molecule has 0 bridgehead atoms. The monoisotopic (exact) mass is 404 g/mol. The van der Waals surface area contributed by atoms with Gasteiger partial charge in [-0.3, -0.25) is 19.7 Å². The normalized spacial score (nSPS) is 14.9. The third-order valence-electron chi connectivity index (χ3n) is 4.91. The van der Waals surface area contributed by atoms with Crippen LogP contribution in [0.2, 0.25) is 0 Å². The van der Waals surface area contributed by atoms with Crippen molar-refractivity contribution in [1.29, 1.82) is 0 Å². The van der Waals surface area contributed by atoms with Gasteiger partial charge in [0.05, 0.1) is 16.1 Å². The highest BCUT2D eigenvalue weighted by atomic mass is 32.1. The third kappa shape index (κ3) is 3.89. The minimum atomic E-state index is -0.414. The van der Waals surface area contributed by atoms with Gasteiger partial charge in [-0.2, -0.15) is 0 Å². The number of nitrogens with zero attached hydrogens (tertiary/aromatic N) is 1. The van der Waals surface area contributed by atoms with Crippen molar-refractivity contribution in [3.8, 4) is 0 Å². The molecule has 29 heavy (non-hydrogen) atoms. The van der Waals surface area contributed by atoms with Gasteiger partial charge in [0.25, 0.3) is 5.91 Å². The van der Waals surface area contributed by atoms with E-state index in [1.54, 1.807) is 48.5 Å². The van der Waals surface area contributed by atoms with E-state index >= 15 is 0 Å². The number of aromatic nitrogens is 1. The Morgan fingerprint density at radius 3 is 2.34 bits per heavy atom. The number of fused-ring (bicyclic) bond motifs is 1. The molecule has 1 aliphatic rings. The Bertz CT molecular complexity index is 1120. The van der Waals surface area contributed by atoms with Gasteiger partial charge in [0, 0.05) is 17.5 Å². The summed E-state index contributed by atoms with van der Waals surface area (Å²) < 4.78 is 0.